The third-order valence-corrected chi connectivity index (χ3v) is 3.60. The van der Waals surface area contributed by atoms with Gasteiger partial charge in [-0.3, -0.25) is 4.79 Å². The molecule has 5 nitrogen and oxygen atoms in total. The summed E-state index contributed by atoms with van der Waals surface area (Å²) in [5.74, 6) is -1.37. The topological polar surface area (TPSA) is 61.8 Å². The van der Waals surface area contributed by atoms with E-state index in [0.717, 1.165) is 5.56 Å². The van der Waals surface area contributed by atoms with Crippen molar-refractivity contribution in [1.82, 2.24) is 0 Å². The van der Waals surface area contributed by atoms with Crippen LogP contribution in [0.25, 0.3) is 0 Å². The number of carbonyl (C=O) groups excluding carboxylic acids is 2. The van der Waals surface area contributed by atoms with Gasteiger partial charge in [0.1, 0.15) is 0 Å². The predicted molar refractivity (Wildman–Crippen MR) is 90.0 cm³/mol. The second kappa shape index (κ2) is 8.42. The van der Waals surface area contributed by atoms with Crippen molar-refractivity contribution >= 4 is 11.8 Å². The van der Waals surface area contributed by atoms with E-state index in [9.17, 15) is 18.4 Å². The highest BCUT2D eigenvalue weighted by Crippen LogP contribution is 2.29. The van der Waals surface area contributed by atoms with Gasteiger partial charge in [0.25, 0.3) is 0 Å². The molecule has 0 aromatic heterocycles. The molecule has 0 spiro atoms. The van der Waals surface area contributed by atoms with Crippen molar-refractivity contribution < 1.29 is 32.6 Å². The van der Waals surface area contributed by atoms with Crippen molar-refractivity contribution in [2.45, 2.75) is 26.6 Å². The van der Waals surface area contributed by atoms with Gasteiger partial charge in [-0.05, 0) is 32.0 Å². The number of ether oxygens (including phenoxy) is 3. The van der Waals surface area contributed by atoms with Gasteiger partial charge in [-0.1, -0.05) is 29.8 Å². The Hall–Kier alpha value is -2.96. The summed E-state index contributed by atoms with van der Waals surface area (Å²) in [6.45, 7) is 0.340. The van der Waals surface area contributed by atoms with Crippen LogP contribution in [0.4, 0.5) is 8.78 Å². The molecule has 0 aliphatic carbocycles. The Morgan fingerprint density at radius 2 is 1.58 bits per heavy atom. The molecule has 2 aromatic carbocycles. The van der Waals surface area contributed by atoms with Crippen LogP contribution < -0.4 is 9.47 Å². The Morgan fingerprint density at radius 1 is 0.962 bits per heavy atom. The molecule has 0 aliphatic heterocycles. The number of esters is 1. The molecule has 0 unspecified atom stereocenters. The first-order valence-corrected chi connectivity index (χ1v) is 7.76. The molecule has 0 saturated heterocycles. The van der Waals surface area contributed by atoms with E-state index in [-0.39, 0.29) is 22.8 Å². The number of alkyl halides is 2. The Morgan fingerprint density at radius 3 is 2.15 bits per heavy atom. The van der Waals surface area contributed by atoms with E-state index in [2.05, 4.69) is 4.74 Å². The normalized spacial score (nSPS) is 11.8. The fraction of sp³-hybridized carbons (Fsp3) is 0.263. The molecule has 2 rings (SSSR count). The number of rotatable bonds is 7. The summed E-state index contributed by atoms with van der Waals surface area (Å²) < 4.78 is 39.1. The Balaban J connectivity index is 2.11. The van der Waals surface area contributed by atoms with Crippen LogP contribution in [0.3, 0.4) is 0 Å². The molecule has 0 aliphatic rings. The second-order valence-corrected chi connectivity index (χ2v) is 5.52. The molecule has 0 heterocycles. The number of halogens is 2. The summed E-state index contributed by atoms with van der Waals surface area (Å²) in [4.78, 5) is 24.5. The van der Waals surface area contributed by atoms with Gasteiger partial charge in [0.15, 0.2) is 17.6 Å². The van der Waals surface area contributed by atoms with Crippen LogP contribution >= 0.6 is 0 Å². The van der Waals surface area contributed by atoms with Gasteiger partial charge >= 0.3 is 12.6 Å². The summed E-state index contributed by atoms with van der Waals surface area (Å²) in [6.07, 6.45) is -1.01. The number of hydrogen-bond acceptors (Lipinski definition) is 5. The van der Waals surface area contributed by atoms with Crippen LogP contribution in [0, 0.1) is 6.92 Å². The van der Waals surface area contributed by atoms with E-state index in [4.69, 9.17) is 9.47 Å². The van der Waals surface area contributed by atoms with Crippen LogP contribution in [0.1, 0.15) is 33.2 Å². The SMILES string of the molecule is COc1cc(C(=O)O[C@H](C)C(=O)c2ccc(C)cc2)ccc1OC(F)F. The molecule has 26 heavy (non-hydrogen) atoms. The van der Waals surface area contributed by atoms with E-state index in [0.29, 0.717) is 5.56 Å². The fourth-order valence-electron chi connectivity index (χ4n) is 2.22. The minimum atomic E-state index is -3.02. The van der Waals surface area contributed by atoms with E-state index < -0.39 is 18.7 Å². The summed E-state index contributed by atoms with van der Waals surface area (Å²) >= 11 is 0. The first-order valence-electron chi connectivity index (χ1n) is 7.76. The first kappa shape index (κ1) is 19.4. The molecule has 0 fully saturated rings. The van der Waals surface area contributed by atoms with Crippen LogP contribution in [0.2, 0.25) is 0 Å². The van der Waals surface area contributed by atoms with Crippen molar-refractivity contribution in [1.29, 1.82) is 0 Å². The Labute approximate surface area is 149 Å². The third-order valence-electron chi connectivity index (χ3n) is 3.60. The van der Waals surface area contributed by atoms with E-state index in [1.807, 2.05) is 6.92 Å². The molecule has 0 N–H and O–H groups in total. The Bertz CT molecular complexity index is 787. The van der Waals surface area contributed by atoms with E-state index in [1.54, 1.807) is 24.3 Å². The van der Waals surface area contributed by atoms with Crippen molar-refractivity contribution in [3.8, 4) is 11.5 Å². The lowest BCUT2D eigenvalue weighted by Gasteiger charge is -2.14. The minimum Gasteiger partial charge on any atom is -0.493 e. The van der Waals surface area contributed by atoms with Gasteiger partial charge in [-0.15, -0.1) is 0 Å². The molecular formula is C19H18F2O5. The smallest absolute Gasteiger partial charge is 0.387 e. The summed E-state index contributed by atoms with van der Waals surface area (Å²) in [7, 11) is 1.26. The largest absolute Gasteiger partial charge is 0.493 e. The third kappa shape index (κ3) is 4.78. The lowest BCUT2D eigenvalue weighted by molar-refractivity contribution is -0.0512. The first-order chi connectivity index (χ1) is 12.3. The maximum Gasteiger partial charge on any atom is 0.387 e. The van der Waals surface area contributed by atoms with Gasteiger partial charge in [-0.25, -0.2) is 4.79 Å². The number of Topliss-reactive ketones (excluding diaryl/α,β-unsaturated/α-hetero) is 1. The molecular weight excluding hydrogens is 346 g/mol. The lowest BCUT2D eigenvalue weighted by atomic mass is 10.1. The molecule has 1 atom stereocenters. The minimum absolute atomic E-state index is 0.0442. The zero-order valence-corrected chi connectivity index (χ0v) is 14.5. The lowest BCUT2D eigenvalue weighted by Crippen LogP contribution is -2.24. The quantitative estimate of drug-likeness (QED) is 0.548. The number of benzene rings is 2. The molecule has 2 aromatic rings. The average Bonchev–Trinajstić information content (AvgIpc) is 2.61. The van der Waals surface area contributed by atoms with Gasteiger partial charge < -0.3 is 14.2 Å². The van der Waals surface area contributed by atoms with Crippen molar-refractivity contribution in [3.63, 3.8) is 0 Å². The molecule has 0 radical (unpaired) electrons. The number of ketones is 1. The number of carbonyl (C=O) groups is 2. The van der Waals surface area contributed by atoms with Gasteiger partial charge in [0.2, 0.25) is 5.78 Å². The van der Waals surface area contributed by atoms with E-state index >= 15 is 0 Å². The van der Waals surface area contributed by atoms with Crippen molar-refractivity contribution in [2.24, 2.45) is 0 Å². The highest BCUT2D eigenvalue weighted by atomic mass is 19.3. The predicted octanol–water partition coefficient (Wildman–Crippen LogP) is 4.03. The maximum absolute atomic E-state index is 12.3. The molecule has 0 amide bonds. The zero-order valence-electron chi connectivity index (χ0n) is 14.5. The van der Waals surface area contributed by atoms with Crippen LogP contribution in [-0.4, -0.2) is 31.6 Å². The molecule has 0 saturated carbocycles. The summed E-state index contributed by atoms with van der Waals surface area (Å²) in [5.41, 5.74) is 1.48. The highest BCUT2D eigenvalue weighted by Gasteiger charge is 2.21. The standard InChI is InChI=1S/C19H18F2O5/c1-11-4-6-13(7-5-11)17(22)12(2)25-18(23)14-8-9-15(26-19(20)21)16(10-14)24-3/h4-10,12,19H,1-3H3/t12-/m1/s1. The van der Waals surface area contributed by atoms with Crippen molar-refractivity contribution in [2.75, 3.05) is 7.11 Å². The second-order valence-electron chi connectivity index (χ2n) is 5.52. The monoisotopic (exact) mass is 364 g/mol. The highest BCUT2D eigenvalue weighted by molar-refractivity contribution is 6.01. The number of aryl methyl sites for hydroxylation is 1. The zero-order chi connectivity index (χ0) is 19.3. The molecule has 0 bridgehead atoms. The van der Waals surface area contributed by atoms with Gasteiger partial charge in [-0.2, -0.15) is 8.78 Å². The van der Waals surface area contributed by atoms with Crippen molar-refractivity contribution in [3.05, 3.63) is 59.2 Å². The summed E-state index contributed by atoms with van der Waals surface area (Å²) in [6, 6.07) is 10.5. The average molecular weight is 364 g/mol. The number of methoxy groups -OCH3 is 1. The Kier molecular flexibility index (Phi) is 6.27. The summed E-state index contributed by atoms with van der Waals surface area (Å²) in [5, 5.41) is 0. The fourth-order valence-corrected chi connectivity index (χ4v) is 2.22. The van der Waals surface area contributed by atoms with Gasteiger partial charge in [0.05, 0.1) is 12.7 Å². The number of hydrogen-bond donors (Lipinski definition) is 0. The van der Waals surface area contributed by atoms with Gasteiger partial charge in [0, 0.05) is 5.56 Å². The van der Waals surface area contributed by atoms with Crippen LogP contribution in [0.15, 0.2) is 42.5 Å². The van der Waals surface area contributed by atoms with Crippen LogP contribution in [-0.2, 0) is 4.74 Å². The maximum atomic E-state index is 12.3. The van der Waals surface area contributed by atoms with Crippen LogP contribution in [0.5, 0.6) is 11.5 Å². The van der Waals surface area contributed by atoms with E-state index in [1.165, 1.54) is 32.2 Å². The molecule has 138 valence electrons. The molecule has 7 heteroatoms.